The van der Waals surface area contributed by atoms with Crippen LogP contribution >= 0.6 is 0 Å². The van der Waals surface area contributed by atoms with Gasteiger partial charge < -0.3 is 4.74 Å². The molecule has 0 atom stereocenters. The second-order valence-electron chi connectivity index (χ2n) is 2.69. The number of hydrogen-bond acceptors (Lipinski definition) is 2. The summed E-state index contributed by atoms with van der Waals surface area (Å²) in [5.41, 5.74) is 1.85. The molecule has 1 aromatic rings. The summed E-state index contributed by atoms with van der Waals surface area (Å²) >= 11 is 0. The van der Waals surface area contributed by atoms with Crippen LogP contribution in [-0.2, 0) is 4.79 Å². The van der Waals surface area contributed by atoms with Gasteiger partial charge in [0.15, 0.2) is 0 Å². The summed E-state index contributed by atoms with van der Waals surface area (Å²) in [5, 5.41) is 0. The van der Waals surface area contributed by atoms with Crippen molar-refractivity contribution in [2.24, 2.45) is 0 Å². The zero-order valence-corrected chi connectivity index (χ0v) is 7.26. The highest BCUT2D eigenvalue weighted by Crippen LogP contribution is 2.18. The fourth-order valence-corrected chi connectivity index (χ4v) is 0.981. The summed E-state index contributed by atoms with van der Waals surface area (Å²) in [4.78, 5) is 10.6. The molecular formula is C10H11O2. The molecule has 0 spiro atoms. The van der Waals surface area contributed by atoms with E-state index in [-0.39, 0.29) is 5.97 Å². The van der Waals surface area contributed by atoms with Crippen LogP contribution in [0.25, 0.3) is 0 Å². The highest BCUT2D eigenvalue weighted by Gasteiger charge is 2.01. The van der Waals surface area contributed by atoms with Crippen molar-refractivity contribution in [2.45, 2.75) is 13.8 Å². The highest BCUT2D eigenvalue weighted by molar-refractivity contribution is 5.69. The molecule has 63 valence electrons. The zero-order chi connectivity index (χ0) is 9.14. The maximum Gasteiger partial charge on any atom is 0.308 e. The molecule has 0 unspecified atom stereocenters. The van der Waals surface area contributed by atoms with Crippen LogP contribution in [0.2, 0.25) is 0 Å². The van der Waals surface area contributed by atoms with Crippen molar-refractivity contribution in [3.8, 4) is 5.75 Å². The van der Waals surface area contributed by atoms with Gasteiger partial charge in [-0.05, 0) is 31.0 Å². The molecule has 0 heterocycles. The molecule has 0 aromatic heterocycles. The lowest BCUT2D eigenvalue weighted by Gasteiger charge is -2.04. The van der Waals surface area contributed by atoms with Gasteiger partial charge >= 0.3 is 5.97 Å². The van der Waals surface area contributed by atoms with E-state index in [0.29, 0.717) is 5.75 Å². The summed E-state index contributed by atoms with van der Waals surface area (Å²) in [6.45, 7) is 7.03. The Kier molecular flexibility index (Phi) is 2.48. The summed E-state index contributed by atoms with van der Waals surface area (Å²) in [5.74, 6) is 0.310. The maximum absolute atomic E-state index is 10.6. The molecule has 0 aliphatic rings. The highest BCUT2D eigenvalue weighted by atomic mass is 16.5. The zero-order valence-electron chi connectivity index (χ0n) is 7.26. The van der Waals surface area contributed by atoms with E-state index < -0.39 is 0 Å². The first-order chi connectivity index (χ1) is 5.59. The molecular weight excluding hydrogens is 152 g/mol. The fraction of sp³-hybridized carbons (Fsp3) is 0.200. The monoisotopic (exact) mass is 163 g/mol. The largest absolute Gasteiger partial charge is 0.426 e. The lowest BCUT2D eigenvalue weighted by atomic mass is 10.1. The van der Waals surface area contributed by atoms with E-state index >= 15 is 0 Å². The number of benzene rings is 1. The van der Waals surface area contributed by atoms with Gasteiger partial charge in [-0.1, -0.05) is 12.1 Å². The average molecular weight is 163 g/mol. The van der Waals surface area contributed by atoms with Crippen LogP contribution in [-0.4, -0.2) is 5.97 Å². The minimum atomic E-state index is -0.296. The van der Waals surface area contributed by atoms with Gasteiger partial charge in [-0.2, -0.15) is 0 Å². The number of carbonyl (C=O) groups is 1. The first-order valence-electron chi connectivity index (χ1n) is 3.70. The van der Waals surface area contributed by atoms with Crippen molar-refractivity contribution >= 4 is 5.97 Å². The second-order valence-corrected chi connectivity index (χ2v) is 2.69. The Hall–Kier alpha value is -1.31. The Morgan fingerprint density at radius 2 is 2.17 bits per heavy atom. The van der Waals surface area contributed by atoms with E-state index in [2.05, 4.69) is 6.92 Å². The van der Waals surface area contributed by atoms with Crippen molar-refractivity contribution in [2.75, 3.05) is 0 Å². The molecule has 0 saturated heterocycles. The van der Waals surface area contributed by atoms with E-state index in [9.17, 15) is 4.79 Å². The summed E-state index contributed by atoms with van der Waals surface area (Å²) in [6, 6.07) is 5.43. The van der Waals surface area contributed by atoms with E-state index in [1.165, 1.54) is 6.92 Å². The minimum absolute atomic E-state index is 0.296. The Morgan fingerprint density at radius 1 is 1.50 bits per heavy atom. The van der Waals surface area contributed by atoms with Crippen molar-refractivity contribution in [3.63, 3.8) is 0 Å². The van der Waals surface area contributed by atoms with Gasteiger partial charge in [0.05, 0.1) is 0 Å². The molecule has 1 radical (unpaired) electrons. The quantitative estimate of drug-likeness (QED) is 0.468. The first kappa shape index (κ1) is 8.78. The molecule has 0 aliphatic heterocycles. The number of hydrogen-bond donors (Lipinski definition) is 0. The van der Waals surface area contributed by atoms with Gasteiger partial charge in [-0.25, -0.2) is 0 Å². The predicted molar refractivity (Wildman–Crippen MR) is 46.9 cm³/mol. The summed E-state index contributed by atoms with van der Waals surface area (Å²) in [6.07, 6.45) is 0. The molecule has 2 nitrogen and oxygen atoms in total. The first-order valence-corrected chi connectivity index (χ1v) is 3.70. The predicted octanol–water partition coefficient (Wildman–Crippen LogP) is 2.10. The van der Waals surface area contributed by atoms with E-state index in [1.54, 1.807) is 6.07 Å². The second kappa shape index (κ2) is 3.39. The van der Waals surface area contributed by atoms with E-state index in [0.717, 1.165) is 11.1 Å². The third kappa shape index (κ3) is 2.09. The van der Waals surface area contributed by atoms with Crippen LogP contribution in [0.5, 0.6) is 5.75 Å². The van der Waals surface area contributed by atoms with E-state index in [4.69, 9.17) is 4.74 Å². The molecule has 0 amide bonds. The Morgan fingerprint density at radius 3 is 2.67 bits per heavy atom. The molecule has 1 rings (SSSR count). The fourth-order valence-electron chi connectivity index (χ4n) is 0.981. The molecule has 0 fully saturated rings. The van der Waals surface area contributed by atoms with Crippen molar-refractivity contribution < 1.29 is 9.53 Å². The summed E-state index contributed by atoms with van der Waals surface area (Å²) < 4.78 is 4.93. The van der Waals surface area contributed by atoms with Crippen LogP contribution in [0.3, 0.4) is 0 Å². The number of esters is 1. The number of ether oxygens (including phenoxy) is 1. The lowest BCUT2D eigenvalue weighted by Crippen LogP contribution is -2.02. The van der Waals surface area contributed by atoms with E-state index in [1.807, 2.05) is 19.1 Å². The third-order valence-corrected chi connectivity index (χ3v) is 1.49. The van der Waals surface area contributed by atoms with Crippen LogP contribution < -0.4 is 4.74 Å². The minimum Gasteiger partial charge on any atom is -0.426 e. The van der Waals surface area contributed by atoms with Gasteiger partial charge in [0.25, 0.3) is 0 Å². The Bertz CT molecular complexity index is 303. The molecule has 1 aromatic carbocycles. The van der Waals surface area contributed by atoms with Crippen LogP contribution in [0.4, 0.5) is 0 Å². The SMILES string of the molecule is [CH2]c1ccc(OC(C)=O)c(C)c1. The molecule has 0 N–H and O–H groups in total. The molecule has 0 saturated carbocycles. The Labute approximate surface area is 72.2 Å². The van der Waals surface area contributed by atoms with Crippen molar-refractivity contribution in [1.29, 1.82) is 0 Å². The molecule has 2 heteroatoms. The molecule has 0 aliphatic carbocycles. The lowest BCUT2D eigenvalue weighted by molar-refractivity contribution is -0.131. The topological polar surface area (TPSA) is 26.3 Å². The van der Waals surface area contributed by atoms with Gasteiger partial charge in [-0.15, -0.1) is 0 Å². The van der Waals surface area contributed by atoms with Gasteiger partial charge in [0.2, 0.25) is 0 Å². The normalized spacial score (nSPS) is 9.58. The average Bonchev–Trinajstić information content (AvgIpc) is 1.94. The smallest absolute Gasteiger partial charge is 0.308 e. The van der Waals surface area contributed by atoms with Crippen molar-refractivity contribution in [1.82, 2.24) is 0 Å². The molecule has 12 heavy (non-hydrogen) atoms. The van der Waals surface area contributed by atoms with Gasteiger partial charge in [0, 0.05) is 6.92 Å². The standard InChI is InChI=1S/C10H11O2/c1-7-4-5-10(8(2)6-7)12-9(3)11/h4-6H,1H2,2-3H3. The maximum atomic E-state index is 10.6. The third-order valence-electron chi connectivity index (χ3n) is 1.49. The molecule has 0 bridgehead atoms. The Balaban J connectivity index is 2.93. The number of aryl methyl sites for hydroxylation is 1. The van der Waals surface area contributed by atoms with Gasteiger partial charge in [-0.3, -0.25) is 4.79 Å². The van der Waals surface area contributed by atoms with Crippen LogP contribution in [0, 0.1) is 13.8 Å². The summed E-state index contributed by atoms with van der Waals surface area (Å²) in [7, 11) is 0. The van der Waals surface area contributed by atoms with Crippen LogP contribution in [0.1, 0.15) is 18.1 Å². The number of rotatable bonds is 1. The van der Waals surface area contributed by atoms with Crippen molar-refractivity contribution in [3.05, 3.63) is 36.2 Å². The van der Waals surface area contributed by atoms with Crippen LogP contribution in [0.15, 0.2) is 18.2 Å². The van der Waals surface area contributed by atoms with Gasteiger partial charge in [0.1, 0.15) is 5.75 Å². The number of carbonyl (C=O) groups excluding carboxylic acids is 1.